The summed E-state index contributed by atoms with van der Waals surface area (Å²) in [5.41, 5.74) is 0.592. The Kier molecular flexibility index (Phi) is 4.06. The standard InChI is InChI=1S/C15H14N2O4S/c18-12(7-6-9-3-2-8-21-9)16-15-17-13-10(14(19)20)4-1-5-11(13)22-15/h2-3,6-8,10H,1,4-5H2,(H,19,20)(H,16,17,18). The summed E-state index contributed by atoms with van der Waals surface area (Å²) in [5, 5.41) is 12.3. The highest BCUT2D eigenvalue weighted by atomic mass is 32.1. The molecule has 1 atom stereocenters. The average molecular weight is 318 g/mol. The third-order valence-corrected chi connectivity index (χ3v) is 4.47. The molecule has 0 fully saturated rings. The Morgan fingerprint density at radius 3 is 3.09 bits per heavy atom. The number of hydrogen-bond acceptors (Lipinski definition) is 5. The molecule has 7 heteroatoms. The molecule has 1 unspecified atom stereocenters. The van der Waals surface area contributed by atoms with Gasteiger partial charge in [-0.3, -0.25) is 14.9 Å². The van der Waals surface area contributed by atoms with Crippen molar-refractivity contribution in [1.29, 1.82) is 0 Å². The zero-order chi connectivity index (χ0) is 15.5. The molecule has 0 aliphatic heterocycles. The number of furan rings is 1. The number of carboxylic acid groups (broad SMARTS) is 1. The van der Waals surface area contributed by atoms with Gasteiger partial charge in [0.1, 0.15) is 11.7 Å². The van der Waals surface area contributed by atoms with Crippen LogP contribution >= 0.6 is 11.3 Å². The zero-order valence-electron chi connectivity index (χ0n) is 11.6. The van der Waals surface area contributed by atoms with Crippen LogP contribution in [0.15, 0.2) is 28.9 Å². The second kappa shape index (κ2) is 6.15. The number of fused-ring (bicyclic) bond motifs is 1. The quantitative estimate of drug-likeness (QED) is 0.846. The highest BCUT2D eigenvalue weighted by Gasteiger charge is 2.30. The molecule has 0 spiro atoms. The molecule has 2 N–H and O–H groups in total. The fraction of sp³-hybridized carbons (Fsp3) is 0.267. The van der Waals surface area contributed by atoms with Gasteiger partial charge in [0.15, 0.2) is 5.13 Å². The number of aryl methyl sites for hydroxylation is 1. The van der Waals surface area contributed by atoms with E-state index in [-0.39, 0.29) is 5.91 Å². The van der Waals surface area contributed by atoms with E-state index in [2.05, 4.69) is 10.3 Å². The van der Waals surface area contributed by atoms with Gasteiger partial charge in [-0.2, -0.15) is 0 Å². The molecular formula is C15H14N2O4S. The van der Waals surface area contributed by atoms with Gasteiger partial charge in [-0.15, -0.1) is 11.3 Å². The van der Waals surface area contributed by atoms with Crippen molar-refractivity contribution < 1.29 is 19.1 Å². The molecule has 6 nitrogen and oxygen atoms in total. The van der Waals surface area contributed by atoms with Crippen LogP contribution in [0.3, 0.4) is 0 Å². The van der Waals surface area contributed by atoms with Crippen LogP contribution in [-0.4, -0.2) is 22.0 Å². The monoisotopic (exact) mass is 318 g/mol. The molecular weight excluding hydrogens is 304 g/mol. The molecule has 0 aromatic carbocycles. The summed E-state index contributed by atoms with van der Waals surface area (Å²) in [7, 11) is 0. The summed E-state index contributed by atoms with van der Waals surface area (Å²) in [6.45, 7) is 0. The zero-order valence-corrected chi connectivity index (χ0v) is 12.4. The number of carboxylic acids is 1. The Balaban J connectivity index is 1.71. The van der Waals surface area contributed by atoms with E-state index in [0.717, 1.165) is 17.7 Å². The maximum atomic E-state index is 11.8. The molecule has 0 saturated carbocycles. The molecule has 2 aromatic heterocycles. The molecule has 0 radical (unpaired) electrons. The molecule has 1 aliphatic rings. The topological polar surface area (TPSA) is 92.4 Å². The highest BCUT2D eigenvalue weighted by Crippen LogP contribution is 2.36. The van der Waals surface area contributed by atoms with Gasteiger partial charge in [-0.05, 0) is 37.5 Å². The molecule has 2 aromatic rings. The van der Waals surface area contributed by atoms with Crippen molar-refractivity contribution in [2.45, 2.75) is 25.2 Å². The second-order valence-electron chi connectivity index (χ2n) is 4.95. The van der Waals surface area contributed by atoms with E-state index < -0.39 is 11.9 Å². The van der Waals surface area contributed by atoms with Crippen molar-refractivity contribution in [1.82, 2.24) is 4.98 Å². The molecule has 0 bridgehead atoms. The Morgan fingerprint density at radius 2 is 2.36 bits per heavy atom. The van der Waals surface area contributed by atoms with Crippen LogP contribution in [0.4, 0.5) is 5.13 Å². The lowest BCUT2D eigenvalue weighted by Gasteiger charge is -2.16. The van der Waals surface area contributed by atoms with Crippen LogP contribution < -0.4 is 5.32 Å². The maximum Gasteiger partial charge on any atom is 0.312 e. The van der Waals surface area contributed by atoms with Gasteiger partial charge in [0.25, 0.3) is 0 Å². The van der Waals surface area contributed by atoms with E-state index in [4.69, 9.17) is 4.42 Å². The van der Waals surface area contributed by atoms with Crippen LogP contribution in [0.25, 0.3) is 6.08 Å². The van der Waals surface area contributed by atoms with Gasteiger partial charge in [0, 0.05) is 11.0 Å². The van der Waals surface area contributed by atoms with Crippen LogP contribution in [0.5, 0.6) is 0 Å². The van der Waals surface area contributed by atoms with Gasteiger partial charge in [0.2, 0.25) is 5.91 Å². The Bertz CT molecular complexity index is 718. The average Bonchev–Trinajstić information content (AvgIpc) is 3.13. The number of carbonyl (C=O) groups excluding carboxylic acids is 1. The third kappa shape index (κ3) is 3.09. The lowest BCUT2D eigenvalue weighted by Crippen LogP contribution is -2.17. The van der Waals surface area contributed by atoms with Crippen LogP contribution in [0, 0.1) is 0 Å². The number of carbonyl (C=O) groups is 2. The summed E-state index contributed by atoms with van der Waals surface area (Å²) in [4.78, 5) is 28.3. The Morgan fingerprint density at radius 1 is 1.50 bits per heavy atom. The maximum absolute atomic E-state index is 11.8. The minimum absolute atomic E-state index is 0.325. The summed E-state index contributed by atoms with van der Waals surface area (Å²) >= 11 is 1.34. The van der Waals surface area contributed by atoms with E-state index in [0.29, 0.717) is 23.0 Å². The van der Waals surface area contributed by atoms with Crippen LogP contribution in [-0.2, 0) is 16.0 Å². The van der Waals surface area contributed by atoms with Gasteiger partial charge >= 0.3 is 5.97 Å². The first-order valence-corrected chi connectivity index (χ1v) is 7.70. The second-order valence-corrected chi connectivity index (χ2v) is 6.03. The first-order valence-electron chi connectivity index (χ1n) is 6.88. The number of amides is 1. The molecule has 1 aliphatic carbocycles. The number of anilines is 1. The SMILES string of the molecule is O=C(C=Cc1ccco1)Nc1nc2c(s1)CCCC2C(=O)O. The number of nitrogens with zero attached hydrogens (tertiary/aromatic N) is 1. The predicted octanol–water partition coefficient (Wildman–Crippen LogP) is 2.89. The van der Waals surface area contributed by atoms with E-state index in [1.165, 1.54) is 23.7 Å². The number of nitrogens with one attached hydrogen (secondary N) is 1. The largest absolute Gasteiger partial charge is 0.481 e. The van der Waals surface area contributed by atoms with Crippen molar-refractivity contribution in [3.63, 3.8) is 0 Å². The van der Waals surface area contributed by atoms with E-state index in [1.807, 2.05) is 0 Å². The molecule has 0 saturated heterocycles. The Hall–Kier alpha value is -2.41. The fourth-order valence-corrected chi connectivity index (χ4v) is 3.47. The number of aromatic nitrogens is 1. The van der Waals surface area contributed by atoms with E-state index in [9.17, 15) is 14.7 Å². The molecule has 2 heterocycles. The van der Waals surface area contributed by atoms with Crippen LogP contribution in [0.1, 0.15) is 35.1 Å². The molecule has 3 rings (SSSR count). The van der Waals surface area contributed by atoms with Crippen molar-refractivity contribution >= 4 is 34.4 Å². The predicted molar refractivity (Wildman–Crippen MR) is 81.8 cm³/mol. The highest BCUT2D eigenvalue weighted by molar-refractivity contribution is 7.15. The van der Waals surface area contributed by atoms with E-state index >= 15 is 0 Å². The van der Waals surface area contributed by atoms with Crippen molar-refractivity contribution in [2.24, 2.45) is 0 Å². The summed E-state index contributed by atoms with van der Waals surface area (Å²) < 4.78 is 5.10. The number of thiazole rings is 1. The lowest BCUT2D eigenvalue weighted by molar-refractivity contribution is -0.139. The first-order chi connectivity index (χ1) is 10.6. The third-order valence-electron chi connectivity index (χ3n) is 3.42. The van der Waals surface area contributed by atoms with Gasteiger partial charge in [0.05, 0.1) is 12.0 Å². The Labute approximate surface area is 130 Å². The smallest absolute Gasteiger partial charge is 0.312 e. The summed E-state index contributed by atoms with van der Waals surface area (Å²) in [6, 6.07) is 3.47. The van der Waals surface area contributed by atoms with E-state index in [1.54, 1.807) is 18.2 Å². The van der Waals surface area contributed by atoms with Crippen molar-refractivity contribution in [3.05, 3.63) is 40.8 Å². The fourth-order valence-electron chi connectivity index (χ4n) is 2.40. The minimum Gasteiger partial charge on any atom is -0.481 e. The van der Waals surface area contributed by atoms with Gasteiger partial charge in [-0.25, -0.2) is 4.98 Å². The van der Waals surface area contributed by atoms with Gasteiger partial charge in [-0.1, -0.05) is 0 Å². The molecule has 1 amide bonds. The normalized spacial score (nSPS) is 17.4. The molecule has 114 valence electrons. The minimum atomic E-state index is -0.859. The molecule has 22 heavy (non-hydrogen) atoms. The van der Waals surface area contributed by atoms with Crippen LogP contribution in [0.2, 0.25) is 0 Å². The summed E-state index contributed by atoms with van der Waals surface area (Å²) in [5.74, 6) is -1.17. The number of hydrogen-bond donors (Lipinski definition) is 2. The number of rotatable bonds is 4. The number of aliphatic carboxylic acids is 1. The van der Waals surface area contributed by atoms with Crippen molar-refractivity contribution in [2.75, 3.05) is 5.32 Å². The van der Waals surface area contributed by atoms with Crippen molar-refractivity contribution in [3.8, 4) is 0 Å². The summed E-state index contributed by atoms with van der Waals surface area (Å²) in [6.07, 6.45) is 6.68. The first kappa shape index (κ1) is 14.5. The van der Waals surface area contributed by atoms with Gasteiger partial charge < -0.3 is 9.52 Å². The lowest BCUT2D eigenvalue weighted by atomic mass is 9.91.